The van der Waals surface area contributed by atoms with Gasteiger partial charge in [-0.15, -0.1) is 0 Å². The lowest BCUT2D eigenvalue weighted by Gasteiger charge is -2.14. The van der Waals surface area contributed by atoms with Gasteiger partial charge < -0.3 is 14.8 Å². The van der Waals surface area contributed by atoms with Crippen LogP contribution in [0.2, 0.25) is 5.02 Å². The normalized spacial score (nSPS) is 10.3. The Morgan fingerprint density at radius 3 is 2.52 bits per heavy atom. The highest BCUT2D eigenvalue weighted by atomic mass is 35.5. The Morgan fingerprint density at radius 2 is 1.74 bits per heavy atom. The van der Waals surface area contributed by atoms with Crippen molar-refractivity contribution in [1.29, 1.82) is 0 Å². The molecule has 0 aromatic heterocycles. The first-order valence-corrected chi connectivity index (χ1v) is 8.91. The molecule has 1 N–H and O–H groups in total. The molecule has 3 aromatic rings. The third kappa shape index (κ3) is 5.25. The predicted molar refractivity (Wildman–Crippen MR) is 108 cm³/mol. The number of rotatable bonds is 6. The van der Waals surface area contributed by atoms with Gasteiger partial charge in [0, 0.05) is 5.02 Å². The van der Waals surface area contributed by atoms with E-state index in [1.54, 1.807) is 18.2 Å². The van der Waals surface area contributed by atoms with Crippen LogP contribution in [-0.2, 0) is 4.79 Å². The summed E-state index contributed by atoms with van der Waals surface area (Å²) in [5.41, 5.74) is 2.54. The first kappa shape index (κ1) is 18.8. The number of carbonyl (C=O) groups excluding carboxylic acids is 1. The molecule has 4 nitrogen and oxygen atoms in total. The van der Waals surface area contributed by atoms with Crippen molar-refractivity contribution in [2.45, 2.75) is 13.8 Å². The zero-order valence-electron chi connectivity index (χ0n) is 15.2. The van der Waals surface area contributed by atoms with Gasteiger partial charge in [-0.2, -0.15) is 0 Å². The van der Waals surface area contributed by atoms with Crippen LogP contribution in [0.5, 0.6) is 17.2 Å². The maximum absolute atomic E-state index is 12.4. The molecule has 0 aliphatic heterocycles. The Balaban J connectivity index is 1.69. The zero-order valence-corrected chi connectivity index (χ0v) is 15.9. The van der Waals surface area contributed by atoms with Crippen molar-refractivity contribution in [2.24, 2.45) is 0 Å². The van der Waals surface area contributed by atoms with Crippen molar-refractivity contribution in [3.05, 3.63) is 82.9 Å². The Bertz CT molecular complexity index is 942. The molecule has 0 heterocycles. The van der Waals surface area contributed by atoms with Gasteiger partial charge in [-0.3, -0.25) is 4.79 Å². The van der Waals surface area contributed by atoms with Crippen LogP contribution in [0.1, 0.15) is 11.1 Å². The highest BCUT2D eigenvalue weighted by molar-refractivity contribution is 6.31. The van der Waals surface area contributed by atoms with Gasteiger partial charge in [-0.05, 0) is 61.4 Å². The molecule has 0 saturated heterocycles. The molecule has 1 amide bonds. The van der Waals surface area contributed by atoms with E-state index in [-0.39, 0.29) is 12.5 Å². The molecule has 0 atom stereocenters. The van der Waals surface area contributed by atoms with Crippen LogP contribution >= 0.6 is 11.6 Å². The van der Waals surface area contributed by atoms with Crippen LogP contribution < -0.4 is 14.8 Å². The summed E-state index contributed by atoms with van der Waals surface area (Å²) in [5, 5.41) is 3.30. The Kier molecular flexibility index (Phi) is 5.99. The average molecular weight is 382 g/mol. The largest absolute Gasteiger partial charge is 0.483 e. The first-order valence-electron chi connectivity index (χ1n) is 8.53. The van der Waals surface area contributed by atoms with E-state index in [2.05, 4.69) is 5.32 Å². The van der Waals surface area contributed by atoms with E-state index in [0.717, 1.165) is 11.1 Å². The van der Waals surface area contributed by atoms with E-state index in [1.807, 2.05) is 62.4 Å². The molecule has 0 spiro atoms. The van der Waals surface area contributed by atoms with Crippen molar-refractivity contribution in [2.75, 3.05) is 11.9 Å². The number of benzene rings is 3. The Morgan fingerprint density at radius 1 is 0.963 bits per heavy atom. The van der Waals surface area contributed by atoms with Gasteiger partial charge in [0.2, 0.25) is 0 Å². The number of anilines is 1. The van der Waals surface area contributed by atoms with Gasteiger partial charge in [0.05, 0.1) is 5.69 Å². The maximum Gasteiger partial charge on any atom is 0.262 e. The third-order valence-electron chi connectivity index (χ3n) is 3.89. The summed E-state index contributed by atoms with van der Waals surface area (Å²) in [6.45, 7) is 3.81. The molecule has 5 heteroatoms. The quantitative estimate of drug-likeness (QED) is 0.589. The summed E-state index contributed by atoms with van der Waals surface area (Å²) in [6, 6.07) is 20.3. The van der Waals surface area contributed by atoms with Crippen molar-refractivity contribution < 1.29 is 14.3 Å². The molecule has 138 valence electrons. The van der Waals surface area contributed by atoms with E-state index in [9.17, 15) is 4.79 Å². The fraction of sp³-hybridized carbons (Fsp3) is 0.136. The number of nitrogens with one attached hydrogen (secondary N) is 1. The second-order valence-electron chi connectivity index (χ2n) is 6.16. The van der Waals surface area contributed by atoms with Crippen LogP contribution in [0, 0.1) is 13.8 Å². The summed E-state index contributed by atoms with van der Waals surface area (Å²) < 4.78 is 11.5. The van der Waals surface area contributed by atoms with Crippen LogP contribution in [0.15, 0.2) is 66.7 Å². The fourth-order valence-electron chi connectivity index (χ4n) is 2.50. The number of aryl methyl sites for hydroxylation is 2. The molecule has 0 bridgehead atoms. The standard InChI is InChI=1S/C22H20ClNO3/c1-15-8-9-16(2)21(12-15)26-14-22(25)24-19-13-17(23)10-11-20(19)27-18-6-4-3-5-7-18/h3-13H,14H2,1-2H3,(H,24,25). The molecular weight excluding hydrogens is 362 g/mol. The smallest absolute Gasteiger partial charge is 0.262 e. The highest BCUT2D eigenvalue weighted by Gasteiger charge is 2.11. The first-order chi connectivity index (χ1) is 13.0. The average Bonchev–Trinajstić information content (AvgIpc) is 2.65. The predicted octanol–water partition coefficient (Wildman–Crippen LogP) is 5.77. The molecule has 0 unspecified atom stereocenters. The molecule has 0 radical (unpaired) electrons. The Labute approximate surface area is 163 Å². The summed E-state index contributed by atoms with van der Waals surface area (Å²) in [4.78, 5) is 12.4. The lowest BCUT2D eigenvalue weighted by atomic mass is 10.1. The van der Waals surface area contributed by atoms with Crippen molar-refractivity contribution in [1.82, 2.24) is 0 Å². The van der Waals surface area contributed by atoms with Gasteiger partial charge in [0.25, 0.3) is 5.91 Å². The number of halogens is 1. The number of hydrogen-bond acceptors (Lipinski definition) is 3. The van der Waals surface area contributed by atoms with Crippen molar-refractivity contribution in [3.63, 3.8) is 0 Å². The molecule has 0 fully saturated rings. The van der Waals surface area contributed by atoms with Crippen LogP contribution in [0.25, 0.3) is 0 Å². The molecule has 27 heavy (non-hydrogen) atoms. The number of carbonyl (C=O) groups is 1. The van der Waals surface area contributed by atoms with Crippen LogP contribution in [0.4, 0.5) is 5.69 Å². The van der Waals surface area contributed by atoms with E-state index in [0.29, 0.717) is 28.0 Å². The third-order valence-corrected chi connectivity index (χ3v) is 4.12. The lowest BCUT2D eigenvalue weighted by Crippen LogP contribution is -2.20. The molecule has 0 aliphatic carbocycles. The van der Waals surface area contributed by atoms with E-state index in [4.69, 9.17) is 21.1 Å². The maximum atomic E-state index is 12.4. The number of ether oxygens (including phenoxy) is 2. The van der Waals surface area contributed by atoms with Gasteiger partial charge >= 0.3 is 0 Å². The van der Waals surface area contributed by atoms with Gasteiger partial charge in [-0.1, -0.05) is 41.9 Å². The van der Waals surface area contributed by atoms with E-state index in [1.165, 1.54) is 0 Å². The Hall–Kier alpha value is -2.98. The summed E-state index contributed by atoms with van der Waals surface area (Å²) in [7, 11) is 0. The zero-order chi connectivity index (χ0) is 19.2. The van der Waals surface area contributed by atoms with Gasteiger partial charge in [0.1, 0.15) is 11.5 Å². The monoisotopic (exact) mass is 381 g/mol. The topological polar surface area (TPSA) is 47.6 Å². The molecule has 0 saturated carbocycles. The van der Waals surface area contributed by atoms with E-state index >= 15 is 0 Å². The van der Waals surface area contributed by atoms with E-state index < -0.39 is 0 Å². The van der Waals surface area contributed by atoms with Crippen LogP contribution in [0.3, 0.4) is 0 Å². The molecule has 3 rings (SSSR count). The second-order valence-corrected chi connectivity index (χ2v) is 6.60. The molecular formula is C22H20ClNO3. The highest BCUT2D eigenvalue weighted by Crippen LogP contribution is 2.32. The van der Waals surface area contributed by atoms with Crippen molar-refractivity contribution in [3.8, 4) is 17.2 Å². The lowest BCUT2D eigenvalue weighted by molar-refractivity contribution is -0.118. The van der Waals surface area contributed by atoms with Gasteiger partial charge in [-0.25, -0.2) is 0 Å². The summed E-state index contributed by atoms with van der Waals surface area (Å²) in [6.07, 6.45) is 0. The summed E-state index contributed by atoms with van der Waals surface area (Å²) in [5.74, 6) is 1.57. The molecule has 0 aliphatic rings. The second kappa shape index (κ2) is 8.60. The number of hydrogen-bond donors (Lipinski definition) is 1. The minimum absolute atomic E-state index is 0.110. The SMILES string of the molecule is Cc1ccc(C)c(OCC(=O)Nc2cc(Cl)ccc2Oc2ccccc2)c1. The minimum atomic E-state index is -0.295. The fourth-order valence-corrected chi connectivity index (χ4v) is 2.67. The summed E-state index contributed by atoms with van der Waals surface area (Å²) >= 11 is 6.08. The van der Waals surface area contributed by atoms with Crippen molar-refractivity contribution >= 4 is 23.2 Å². The van der Waals surface area contributed by atoms with Crippen LogP contribution in [-0.4, -0.2) is 12.5 Å². The number of para-hydroxylation sites is 1. The van der Waals surface area contributed by atoms with Gasteiger partial charge in [0.15, 0.2) is 12.4 Å². The molecule has 3 aromatic carbocycles. The number of amides is 1. The minimum Gasteiger partial charge on any atom is -0.483 e.